The first kappa shape index (κ1) is 11.7. The molecule has 0 saturated heterocycles. The van der Waals surface area contributed by atoms with Gasteiger partial charge in [0.05, 0.1) is 12.7 Å². The molecule has 0 bridgehead atoms. The molecule has 0 radical (unpaired) electrons. The Hall–Kier alpha value is -1.81. The first-order chi connectivity index (χ1) is 8.31. The van der Waals surface area contributed by atoms with Gasteiger partial charge >= 0.3 is 5.97 Å². The van der Waals surface area contributed by atoms with Crippen LogP contribution in [-0.4, -0.2) is 24.3 Å². The fourth-order valence-corrected chi connectivity index (χ4v) is 1.63. The first-order valence-corrected chi connectivity index (χ1v) is 5.52. The number of hydrogen-bond donors (Lipinski definition) is 1. The van der Waals surface area contributed by atoms with Crippen LogP contribution in [0.2, 0.25) is 0 Å². The number of cyclic esters (lactones) is 1. The third kappa shape index (κ3) is 2.85. The van der Waals surface area contributed by atoms with Crippen molar-refractivity contribution < 1.29 is 19.4 Å². The summed E-state index contributed by atoms with van der Waals surface area (Å²) < 4.78 is 10.6. The molecule has 1 atom stereocenters. The van der Waals surface area contributed by atoms with Crippen LogP contribution >= 0.6 is 0 Å². The molecular formula is C13H14O4. The lowest BCUT2D eigenvalue weighted by Crippen LogP contribution is -2.06. The Bertz CT molecular complexity index is 411. The number of benzene rings is 1. The highest BCUT2D eigenvalue weighted by Crippen LogP contribution is 2.31. The van der Waals surface area contributed by atoms with Gasteiger partial charge in [-0.25, -0.2) is 4.79 Å². The van der Waals surface area contributed by atoms with E-state index in [0.29, 0.717) is 18.8 Å². The molecule has 0 aliphatic carbocycles. The molecule has 0 saturated carbocycles. The molecule has 90 valence electrons. The molecule has 4 heteroatoms. The highest BCUT2D eigenvalue weighted by Gasteiger charge is 2.29. The van der Waals surface area contributed by atoms with E-state index in [1.807, 2.05) is 30.3 Å². The van der Waals surface area contributed by atoms with E-state index in [-0.39, 0.29) is 6.61 Å². The van der Waals surface area contributed by atoms with Gasteiger partial charge in [-0.15, -0.1) is 0 Å². The summed E-state index contributed by atoms with van der Waals surface area (Å²) >= 11 is 0. The van der Waals surface area contributed by atoms with Crippen LogP contribution in [0.5, 0.6) is 0 Å². The topological polar surface area (TPSA) is 55.8 Å². The van der Waals surface area contributed by atoms with Crippen LogP contribution in [-0.2, 0) is 14.3 Å². The van der Waals surface area contributed by atoms with Crippen LogP contribution in [0.3, 0.4) is 0 Å². The number of hydrogen-bond acceptors (Lipinski definition) is 4. The second-order valence-corrected chi connectivity index (χ2v) is 3.70. The van der Waals surface area contributed by atoms with Crippen molar-refractivity contribution in [1.29, 1.82) is 0 Å². The third-order valence-electron chi connectivity index (χ3n) is 2.43. The average Bonchev–Trinajstić information content (AvgIpc) is 2.72. The summed E-state index contributed by atoms with van der Waals surface area (Å²) in [6.45, 7) is 0.445. The van der Waals surface area contributed by atoms with Gasteiger partial charge in [0.2, 0.25) is 0 Å². The summed E-state index contributed by atoms with van der Waals surface area (Å²) in [5, 5.41) is 8.68. The second-order valence-electron chi connectivity index (χ2n) is 3.70. The molecule has 17 heavy (non-hydrogen) atoms. The Labute approximate surface area is 99.5 Å². The van der Waals surface area contributed by atoms with Crippen molar-refractivity contribution in [3.8, 4) is 0 Å². The molecule has 1 aliphatic heterocycles. The zero-order valence-corrected chi connectivity index (χ0v) is 9.33. The molecule has 0 spiro atoms. The molecule has 0 aromatic heterocycles. The molecule has 1 aromatic carbocycles. The lowest BCUT2D eigenvalue weighted by molar-refractivity contribution is -0.139. The molecule has 2 rings (SSSR count). The Kier molecular flexibility index (Phi) is 3.77. The van der Waals surface area contributed by atoms with E-state index in [1.165, 1.54) is 6.08 Å². The molecule has 1 unspecified atom stereocenters. The van der Waals surface area contributed by atoms with E-state index < -0.39 is 12.1 Å². The number of carbonyl (C=O) groups excluding carboxylic acids is 1. The Morgan fingerprint density at radius 2 is 2.06 bits per heavy atom. The zero-order chi connectivity index (χ0) is 12.1. The second kappa shape index (κ2) is 5.50. The van der Waals surface area contributed by atoms with Gasteiger partial charge in [-0.2, -0.15) is 0 Å². The Balaban J connectivity index is 2.07. The molecule has 1 aliphatic rings. The normalized spacial score (nSPS) is 18.8. The zero-order valence-electron chi connectivity index (χ0n) is 9.33. The van der Waals surface area contributed by atoms with Gasteiger partial charge in [0.25, 0.3) is 0 Å². The van der Waals surface area contributed by atoms with Crippen molar-refractivity contribution in [2.24, 2.45) is 0 Å². The third-order valence-corrected chi connectivity index (χ3v) is 2.43. The van der Waals surface area contributed by atoms with E-state index in [1.54, 1.807) is 0 Å². The van der Waals surface area contributed by atoms with Crippen molar-refractivity contribution in [1.82, 2.24) is 0 Å². The maximum atomic E-state index is 11.2. The minimum Gasteiger partial charge on any atom is -0.493 e. The van der Waals surface area contributed by atoms with Gasteiger partial charge in [-0.1, -0.05) is 30.3 Å². The van der Waals surface area contributed by atoms with E-state index >= 15 is 0 Å². The summed E-state index contributed by atoms with van der Waals surface area (Å²) in [6.07, 6.45) is 1.43. The van der Waals surface area contributed by atoms with Gasteiger partial charge in [-0.05, 0) is 0 Å². The monoisotopic (exact) mass is 234 g/mol. The molecule has 0 amide bonds. The first-order valence-electron chi connectivity index (χ1n) is 5.52. The van der Waals surface area contributed by atoms with E-state index in [0.717, 1.165) is 5.56 Å². The van der Waals surface area contributed by atoms with Crippen LogP contribution in [0.15, 0.2) is 42.2 Å². The lowest BCUT2D eigenvalue weighted by atomic mass is 10.1. The summed E-state index contributed by atoms with van der Waals surface area (Å²) in [4.78, 5) is 11.2. The maximum Gasteiger partial charge on any atom is 0.335 e. The van der Waals surface area contributed by atoms with Crippen LogP contribution in [0.4, 0.5) is 0 Å². The number of rotatable bonds is 5. The SMILES string of the molecule is O=C1C=C(OCCCO)C(c2ccccc2)O1. The van der Waals surface area contributed by atoms with Crippen LogP contribution in [0, 0.1) is 0 Å². The lowest BCUT2D eigenvalue weighted by Gasteiger charge is -2.15. The largest absolute Gasteiger partial charge is 0.493 e. The van der Waals surface area contributed by atoms with Crippen molar-refractivity contribution >= 4 is 5.97 Å². The van der Waals surface area contributed by atoms with E-state index in [4.69, 9.17) is 14.6 Å². The predicted octanol–water partition coefficient (Wildman–Crippen LogP) is 1.57. The summed E-state index contributed by atoms with van der Waals surface area (Å²) in [5.41, 5.74) is 0.883. The highest BCUT2D eigenvalue weighted by molar-refractivity contribution is 5.85. The summed E-state index contributed by atoms with van der Waals surface area (Å²) in [7, 11) is 0. The predicted molar refractivity (Wildman–Crippen MR) is 61.0 cm³/mol. The minimum atomic E-state index is -0.456. The smallest absolute Gasteiger partial charge is 0.335 e. The standard InChI is InChI=1S/C13H14O4/c14-7-4-8-16-11-9-12(15)17-13(11)10-5-2-1-3-6-10/h1-3,5-6,9,13-14H,4,7-8H2. The molecular weight excluding hydrogens is 220 g/mol. The van der Waals surface area contributed by atoms with Crippen LogP contribution in [0.25, 0.3) is 0 Å². The fraction of sp³-hybridized carbons (Fsp3) is 0.308. The van der Waals surface area contributed by atoms with E-state index in [9.17, 15) is 4.79 Å². The van der Waals surface area contributed by atoms with Gasteiger partial charge < -0.3 is 14.6 Å². The maximum absolute atomic E-state index is 11.2. The molecule has 1 heterocycles. The van der Waals surface area contributed by atoms with Crippen LogP contribution in [0.1, 0.15) is 18.1 Å². The highest BCUT2D eigenvalue weighted by atomic mass is 16.6. The Morgan fingerprint density at radius 1 is 1.29 bits per heavy atom. The van der Waals surface area contributed by atoms with Crippen molar-refractivity contribution in [3.63, 3.8) is 0 Å². The molecule has 4 nitrogen and oxygen atoms in total. The summed E-state index contributed by atoms with van der Waals surface area (Å²) in [6, 6.07) is 9.43. The fourth-order valence-electron chi connectivity index (χ4n) is 1.63. The average molecular weight is 234 g/mol. The van der Waals surface area contributed by atoms with Crippen molar-refractivity contribution in [3.05, 3.63) is 47.7 Å². The van der Waals surface area contributed by atoms with Crippen molar-refractivity contribution in [2.75, 3.05) is 13.2 Å². The molecule has 0 fully saturated rings. The molecule has 1 aromatic rings. The van der Waals surface area contributed by atoms with Gasteiger partial charge in [0.15, 0.2) is 6.10 Å². The van der Waals surface area contributed by atoms with Gasteiger partial charge in [-0.3, -0.25) is 0 Å². The van der Waals surface area contributed by atoms with Crippen LogP contribution < -0.4 is 0 Å². The summed E-state index contributed by atoms with van der Waals surface area (Å²) in [5.74, 6) is 0.118. The number of ether oxygens (including phenoxy) is 2. The number of aliphatic hydroxyl groups excluding tert-OH is 1. The number of aliphatic hydroxyl groups is 1. The Morgan fingerprint density at radius 3 is 2.76 bits per heavy atom. The number of carbonyl (C=O) groups is 1. The molecule has 1 N–H and O–H groups in total. The number of esters is 1. The van der Waals surface area contributed by atoms with E-state index in [2.05, 4.69) is 0 Å². The van der Waals surface area contributed by atoms with Crippen molar-refractivity contribution in [2.45, 2.75) is 12.5 Å². The quantitative estimate of drug-likeness (QED) is 0.620. The van der Waals surface area contributed by atoms with Gasteiger partial charge in [0, 0.05) is 18.6 Å². The minimum absolute atomic E-state index is 0.0675. The van der Waals surface area contributed by atoms with Gasteiger partial charge in [0.1, 0.15) is 5.76 Å².